The summed E-state index contributed by atoms with van der Waals surface area (Å²) in [6.07, 6.45) is 5.48. The van der Waals surface area contributed by atoms with Crippen LogP contribution in [0, 0.1) is 0 Å². The molecule has 32 heavy (non-hydrogen) atoms. The average molecular weight is 429 g/mol. The number of rotatable bonds is 7. The van der Waals surface area contributed by atoms with Gasteiger partial charge in [-0.3, -0.25) is 14.6 Å². The number of primary amides is 1. The van der Waals surface area contributed by atoms with Crippen molar-refractivity contribution in [2.24, 2.45) is 5.73 Å². The highest BCUT2D eigenvalue weighted by Crippen LogP contribution is 2.20. The van der Waals surface area contributed by atoms with Gasteiger partial charge in [0.25, 0.3) is 11.8 Å². The van der Waals surface area contributed by atoms with Crippen molar-refractivity contribution in [3.8, 4) is 0 Å². The van der Waals surface area contributed by atoms with E-state index in [2.05, 4.69) is 10.3 Å². The molecule has 0 bridgehead atoms. The third-order valence-corrected chi connectivity index (χ3v) is 5.78. The Kier molecular flexibility index (Phi) is 6.80. The number of benzene rings is 2. The van der Waals surface area contributed by atoms with Gasteiger partial charge in [-0.15, -0.1) is 0 Å². The van der Waals surface area contributed by atoms with Gasteiger partial charge in [-0.25, -0.2) is 0 Å². The van der Waals surface area contributed by atoms with Crippen LogP contribution < -0.4 is 11.1 Å². The van der Waals surface area contributed by atoms with E-state index in [9.17, 15) is 9.59 Å². The summed E-state index contributed by atoms with van der Waals surface area (Å²) >= 11 is 0. The second kappa shape index (κ2) is 10.1. The highest BCUT2D eigenvalue weighted by Gasteiger charge is 2.18. The minimum Gasteiger partial charge on any atom is -0.380 e. The Hall–Kier alpha value is -3.67. The SMILES string of the molecule is NC(=O)c1cnc(Cc2ccc(C(=O)N3CCCCC3)cc2)cc1NCc1ccccc1. The van der Waals surface area contributed by atoms with Crippen molar-refractivity contribution in [3.63, 3.8) is 0 Å². The monoisotopic (exact) mass is 428 g/mol. The standard InChI is InChI=1S/C26H28N4O2/c27-25(31)23-18-28-22(16-24(23)29-17-20-7-3-1-4-8-20)15-19-9-11-21(12-10-19)26(32)30-13-5-2-6-14-30/h1,3-4,7-12,16,18H,2,5-6,13-15,17H2,(H2,27,31)(H,28,29). The zero-order valence-electron chi connectivity index (χ0n) is 18.1. The largest absolute Gasteiger partial charge is 0.380 e. The maximum Gasteiger partial charge on any atom is 0.253 e. The predicted octanol–water partition coefficient (Wildman–Crippen LogP) is 4.01. The Bertz CT molecular complexity index is 1070. The van der Waals surface area contributed by atoms with Crippen LogP contribution in [0.25, 0.3) is 0 Å². The van der Waals surface area contributed by atoms with Gasteiger partial charge in [0.2, 0.25) is 0 Å². The Morgan fingerprint density at radius 1 is 0.938 bits per heavy atom. The molecular weight excluding hydrogens is 400 g/mol. The van der Waals surface area contributed by atoms with Crippen LogP contribution in [0.5, 0.6) is 0 Å². The van der Waals surface area contributed by atoms with Crippen LogP contribution in [0.1, 0.15) is 56.8 Å². The van der Waals surface area contributed by atoms with Crippen LogP contribution in [0.2, 0.25) is 0 Å². The third kappa shape index (κ3) is 5.32. The van der Waals surface area contributed by atoms with Crippen molar-refractivity contribution < 1.29 is 9.59 Å². The molecule has 1 saturated heterocycles. The molecule has 6 nitrogen and oxygen atoms in total. The summed E-state index contributed by atoms with van der Waals surface area (Å²) < 4.78 is 0. The van der Waals surface area contributed by atoms with Gasteiger partial charge in [-0.2, -0.15) is 0 Å². The molecule has 4 rings (SSSR count). The molecule has 0 aliphatic carbocycles. The summed E-state index contributed by atoms with van der Waals surface area (Å²) in [6, 6.07) is 19.5. The number of carbonyl (C=O) groups is 2. The zero-order valence-corrected chi connectivity index (χ0v) is 18.1. The number of amides is 2. The van der Waals surface area contributed by atoms with Gasteiger partial charge in [0, 0.05) is 43.5 Å². The number of nitrogens with one attached hydrogen (secondary N) is 1. The van der Waals surface area contributed by atoms with E-state index < -0.39 is 5.91 Å². The van der Waals surface area contributed by atoms with Gasteiger partial charge in [0.05, 0.1) is 11.3 Å². The molecule has 0 atom stereocenters. The Morgan fingerprint density at radius 3 is 2.34 bits per heavy atom. The number of hydrogen-bond acceptors (Lipinski definition) is 4. The second-order valence-electron chi connectivity index (χ2n) is 8.15. The maximum absolute atomic E-state index is 12.7. The zero-order chi connectivity index (χ0) is 22.3. The molecule has 0 saturated carbocycles. The van der Waals surface area contributed by atoms with E-state index >= 15 is 0 Å². The van der Waals surface area contributed by atoms with Gasteiger partial charge >= 0.3 is 0 Å². The molecule has 2 heterocycles. The lowest BCUT2D eigenvalue weighted by atomic mass is 10.0. The first kappa shape index (κ1) is 21.6. The highest BCUT2D eigenvalue weighted by molar-refractivity contribution is 5.98. The van der Waals surface area contributed by atoms with E-state index in [0.717, 1.165) is 48.3 Å². The van der Waals surface area contributed by atoms with Crippen LogP contribution in [-0.2, 0) is 13.0 Å². The van der Waals surface area contributed by atoms with Crippen molar-refractivity contribution in [2.75, 3.05) is 18.4 Å². The van der Waals surface area contributed by atoms with E-state index in [-0.39, 0.29) is 5.91 Å². The minimum absolute atomic E-state index is 0.104. The normalized spacial score (nSPS) is 13.6. The molecule has 1 fully saturated rings. The first-order valence-corrected chi connectivity index (χ1v) is 11.0. The second-order valence-corrected chi connectivity index (χ2v) is 8.15. The van der Waals surface area contributed by atoms with Crippen LogP contribution in [-0.4, -0.2) is 34.8 Å². The van der Waals surface area contributed by atoms with Crippen LogP contribution in [0.15, 0.2) is 66.9 Å². The molecule has 3 aromatic rings. The van der Waals surface area contributed by atoms with Crippen molar-refractivity contribution in [3.05, 3.63) is 94.8 Å². The summed E-state index contributed by atoms with van der Waals surface area (Å²) in [4.78, 5) is 30.9. The molecule has 0 spiro atoms. The molecule has 1 aromatic heterocycles. The predicted molar refractivity (Wildman–Crippen MR) is 126 cm³/mol. The van der Waals surface area contributed by atoms with Gasteiger partial charge < -0.3 is 16.0 Å². The lowest BCUT2D eigenvalue weighted by Crippen LogP contribution is -2.35. The van der Waals surface area contributed by atoms with Gasteiger partial charge in [0.1, 0.15) is 0 Å². The number of aromatic nitrogens is 1. The topological polar surface area (TPSA) is 88.3 Å². The fourth-order valence-corrected chi connectivity index (χ4v) is 3.98. The molecule has 3 N–H and O–H groups in total. The van der Waals surface area contributed by atoms with E-state index in [0.29, 0.717) is 24.2 Å². The number of nitrogens with zero attached hydrogens (tertiary/aromatic N) is 2. The minimum atomic E-state index is -0.514. The van der Waals surface area contributed by atoms with Gasteiger partial charge in [-0.1, -0.05) is 42.5 Å². The molecule has 164 valence electrons. The lowest BCUT2D eigenvalue weighted by Gasteiger charge is -2.26. The molecule has 0 unspecified atom stereocenters. The summed E-state index contributed by atoms with van der Waals surface area (Å²) in [5, 5.41) is 3.31. The van der Waals surface area contributed by atoms with Crippen molar-refractivity contribution >= 4 is 17.5 Å². The summed E-state index contributed by atoms with van der Waals surface area (Å²) in [5.74, 6) is -0.409. The number of piperidine rings is 1. The lowest BCUT2D eigenvalue weighted by molar-refractivity contribution is 0.0724. The quantitative estimate of drug-likeness (QED) is 0.595. The fourth-order valence-electron chi connectivity index (χ4n) is 3.98. The van der Waals surface area contributed by atoms with Gasteiger partial charge in [-0.05, 0) is 48.6 Å². The summed E-state index contributed by atoms with van der Waals surface area (Å²) in [5.41, 5.74) is 10.3. The third-order valence-electron chi connectivity index (χ3n) is 5.78. The number of anilines is 1. The molecular formula is C26H28N4O2. The summed E-state index contributed by atoms with van der Waals surface area (Å²) in [7, 11) is 0. The summed E-state index contributed by atoms with van der Waals surface area (Å²) in [6.45, 7) is 2.27. The van der Waals surface area contributed by atoms with Crippen molar-refractivity contribution in [1.82, 2.24) is 9.88 Å². The first-order chi connectivity index (χ1) is 15.6. The first-order valence-electron chi connectivity index (χ1n) is 11.0. The molecule has 0 radical (unpaired) electrons. The number of nitrogens with two attached hydrogens (primary N) is 1. The van der Waals surface area contributed by atoms with E-state index in [1.165, 1.54) is 12.6 Å². The maximum atomic E-state index is 12.7. The molecule has 2 aromatic carbocycles. The molecule has 2 amide bonds. The van der Waals surface area contributed by atoms with E-state index in [1.54, 1.807) is 0 Å². The number of likely N-dealkylation sites (tertiary alicyclic amines) is 1. The molecule has 6 heteroatoms. The number of hydrogen-bond donors (Lipinski definition) is 2. The van der Waals surface area contributed by atoms with Crippen LogP contribution >= 0.6 is 0 Å². The molecule has 1 aliphatic heterocycles. The highest BCUT2D eigenvalue weighted by atomic mass is 16.2. The Balaban J connectivity index is 1.46. The van der Waals surface area contributed by atoms with E-state index in [4.69, 9.17) is 5.73 Å². The Labute approximate surface area is 188 Å². The number of carbonyl (C=O) groups excluding carboxylic acids is 2. The van der Waals surface area contributed by atoms with Crippen LogP contribution in [0.3, 0.4) is 0 Å². The van der Waals surface area contributed by atoms with E-state index in [1.807, 2.05) is 65.6 Å². The number of pyridine rings is 1. The van der Waals surface area contributed by atoms with Crippen molar-refractivity contribution in [2.45, 2.75) is 32.2 Å². The average Bonchev–Trinajstić information content (AvgIpc) is 2.84. The van der Waals surface area contributed by atoms with Crippen LogP contribution in [0.4, 0.5) is 5.69 Å². The van der Waals surface area contributed by atoms with Crippen molar-refractivity contribution in [1.29, 1.82) is 0 Å². The fraction of sp³-hybridized carbons (Fsp3) is 0.269. The molecule has 1 aliphatic rings. The Morgan fingerprint density at radius 2 is 1.66 bits per heavy atom. The smallest absolute Gasteiger partial charge is 0.253 e. The van der Waals surface area contributed by atoms with Gasteiger partial charge in [0.15, 0.2) is 0 Å².